The third-order valence-corrected chi connectivity index (χ3v) is 4.14. The highest BCUT2D eigenvalue weighted by Crippen LogP contribution is 2.24. The molecule has 104 valence electrons. The van der Waals surface area contributed by atoms with Crippen molar-refractivity contribution in [3.63, 3.8) is 0 Å². The fraction of sp³-hybridized carbons (Fsp3) is 0.353. The Labute approximate surface area is 119 Å². The zero-order chi connectivity index (χ0) is 14.1. The molecule has 0 spiro atoms. The van der Waals surface area contributed by atoms with E-state index in [2.05, 4.69) is 24.1 Å². The Morgan fingerprint density at radius 3 is 2.45 bits per heavy atom. The van der Waals surface area contributed by atoms with Gasteiger partial charge in [-0.25, -0.2) is 0 Å². The maximum atomic E-state index is 12.8. The number of piperazine rings is 1. The number of fused-ring (bicyclic) bond motifs is 1. The summed E-state index contributed by atoms with van der Waals surface area (Å²) >= 11 is 0. The van der Waals surface area contributed by atoms with E-state index in [-0.39, 0.29) is 5.91 Å². The molecule has 3 nitrogen and oxygen atoms in total. The zero-order valence-electron chi connectivity index (χ0n) is 12.1. The van der Waals surface area contributed by atoms with E-state index in [0.717, 1.165) is 48.1 Å². The van der Waals surface area contributed by atoms with E-state index < -0.39 is 0 Å². The molecule has 2 aromatic carbocycles. The molecule has 20 heavy (non-hydrogen) atoms. The molecule has 3 rings (SSSR count). The van der Waals surface area contributed by atoms with Crippen molar-refractivity contribution in [3.8, 4) is 0 Å². The number of nitrogens with zero attached hydrogens (tertiary/aromatic N) is 2. The number of carbonyl (C=O) groups excluding carboxylic acids is 1. The third-order valence-electron chi connectivity index (χ3n) is 4.14. The summed E-state index contributed by atoms with van der Waals surface area (Å²) in [5.74, 6) is 0.174. The summed E-state index contributed by atoms with van der Waals surface area (Å²) in [5.41, 5.74) is 1.93. The molecular weight excluding hydrogens is 248 g/mol. The topological polar surface area (TPSA) is 23.6 Å². The van der Waals surface area contributed by atoms with E-state index in [9.17, 15) is 4.79 Å². The van der Waals surface area contributed by atoms with Gasteiger partial charge in [-0.1, -0.05) is 36.4 Å². The van der Waals surface area contributed by atoms with Gasteiger partial charge in [0.1, 0.15) is 0 Å². The maximum Gasteiger partial charge on any atom is 0.254 e. The third kappa shape index (κ3) is 2.29. The van der Waals surface area contributed by atoms with Crippen molar-refractivity contribution in [2.24, 2.45) is 0 Å². The first-order chi connectivity index (χ1) is 9.66. The lowest BCUT2D eigenvalue weighted by atomic mass is 9.98. The summed E-state index contributed by atoms with van der Waals surface area (Å²) in [6.07, 6.45) is 0. The highest BCUT2D eigenvalue weighted by Gasteiger charge is 2.23. The molecule has 0 radical (unpaired) electrons. The second-order valence-corrected chi connectivity index (χ2v) is 5.57. The highest BCUT2D eigenvalue weighted by atomic mass is 16.2. The summed E-state index contributed by atoms with van der Waals surface area (Å²) in [4.78, 5) is 17.1. The van der Waals surface area contributed by atoms with Crippen LogP contribution in [0.3, 0.4) is 0 Å². The van der Waals surface area contributed by atoms with Crippen LogP contribution in [0.2, 0.25) is 0 Å². The monoisotopic (exact) mass is 268 g/mol. The first-order valence-electron chi connectivity index (χ1n) is 7.13. The van der Waals surface area contributed by atoms with Crippen molar-refractivity contribution in [2.45, 2.75) is 6.92 Å². The average molecular weight is 268 g/mol. The van der Waals surface area contributed by atoms with Crippen molar-refractivity contribution in [3.05, 3.63) is 47.5 Å². The number of likely N-dealkylation sites (N-methyl/N-ethyl adjacent to an activating group) is 1. The van der Waals surface area contributed by atoms with Crippen LogP contribution in [0.1, 0.15) is 15.9 Å². The van der Waals surface area contributed by atoms with Crippen LogP contribution in [-0.2, 0) is 0 Å². The van der Waals surface area contributed by atoms with Crippen molar-refractivity contribution < 1.29 is 4.79 Å². The Hall–Kier alpha value is -1.87. The Balaban J connectivity index is 2.01. The van der Waals surface area contributed by atoms with Gasteiger partial charge in [-0.2, -0.15) is 0 Å². The number of aryl methyl sites for hydroxylation is 1. The maximum absolute atomic E-state index is 12.8. The lowest BCUT2D eigenvalue weighted by Crippen LogP contribution is -2.47. The molecule has 1 saturated heterocycles. The summed E-state index contributed by atoms with van der Waals surface area (Å²) in [6, 6.07) is 12.3. The van der Waals surface area contributed by atoms with Crippen LogP contribution in [0.25, 0.3) is 10.8 Å². The molecule has 1 amide bonds. The SMILES string of the molecule is Cc1ccc2ccccc2c1C(=O)N1CCN(C)CC1. The Morgan fingerprint density at radius 2 is 1.70 bits per heavy atom. The molecule has 0 aliphatic carbocycles. The Morgan fingerprint density at radius 1 is 1.00 bits per heavy atom. The molecule has 0 bridgehead atoms. The molecule has 0 atom stereocenters. The van der Waals surface area contributed by atoms with E-state index in [1.54, 1.807) is 0 Å². The molecule has 1 aliphatic rings. The van der Waals surface area contributed by atoms with Gasteiger partial charge in [-0.05, 0) is 30.3 Å². The summed E-state index contributed by atoms with van der Waals surface area (Å²) in [7, 11) is 2.10. The zero-order valence-corrected chi connectivity index (χ0v) is 12.1. The fourth-order valence-electron chi connectivity index (χ4n) is 2.83. The number of hydrogen-bond acceptors (Lipinski definition) is 2. The molecule has 0 N–H and O–H groups in total. The van der Waals surface area contributed by atoms with Crippen LogP contribution >= 0.6 is 0 Å². The van der Waals surface area contributed by atoms with Gasteiger partial charge in [0.2, 0.25) is 0 Å². The smallest absolute Gasteiger partial charge is 0.254 e. The van der Waals surface area contributed by atoms with Crippen LogP contribution in [0.15, 0.2) is 36.4 Å². The number of carbonyl (C=O) groups is 1. The largest absolute Gasteiger partial charge is 0.336 e. The summed E-state index contributed by atoms with van der Waals surface area (Å²) in [6.45, 7) is 5.57. The van der Waals surface area contributed by atoms with E-state index in [1.807, 2.05) is 36.1 Å². The van der Waals surface area contributed by atoms with Gasteiger partial charge in [0.15, 0.2) is 0 Å². The minimum atomic E-state index is 0.174. The number of benzene rings is 2. The van der Waals surface area contributed by atoms with Crippen LogP contribution < -0.4 is 0 Å². The van der Waals surface area contributed by atoms with Crippen molar-refractivity contribution in [1.82, 2.24) is 9.80 Å². The number of amides is 1. The Kier molecular flexibility index (Phi) is 3.45. The second kappa shape index (κ2) is 5.25. The van der Waals surface area contributed by atoms with E-state index in [4.69, 9.17) is 0 Å². The average Bonchev–Trinajstić information content (AvgIpc) is 2.47. The van der Waals surface area contributed by atoms with Crippen molar-refractivity contribution in [1.29, 1.82) is 0 Å². The van der Waals surface area contributed by atoms with Crippen molar-refractivity contribution >= 4 is 16.7 Å². The molecule has 1 aliphatic heterocycles. The van der Waals surface area contributed by atoms with Crippen molar-refractivity contribution in [2.75, 3.05) is 33.2 Å². The van der Waals surface area contributed by atoms with E-state index in [1.165, 1.54) is 0 Å². The van der Waals surface area contributed by atoms with Gasteiger partial charge in [0.25, 0.3) is 5.91 Å². The number of hydrogen-bond donors (Lipinski definition) is 0. The minimum Gasteiger partial charge on any atom is -0.336 e. The molecule has 3 heteroatoms. The lowest BCUT2D eigenvalue weighted by Gasteiger charge is -2.33. The van der Waals surface area contributed by atoms with Gasteiger partial charge < -0.3 is 9.80 Å². The van der Waals surface area contributed by atoms with E-state index in [0.29, 0.717) is 0 Å². The number of rotatable bonds is 1. The molecule has 1 heterocycles. The standard InChI is InChI=1S/C17H20N2O/c1-13-7-8-14-5-3-4-6-15(14)16(13)17(20)19-11-9-18(2)10-12-19/h3-8H,9-12H2,1-2H3. The fourth-order valence-corrected chi connectivity index (χ4v) is 2.83. The Bertz CT molecular complexity index is 642. The van der Waals surface area contributed by atoms with Gasteiger partial charge in [-0.3, -0.25) is 4.79 Å². The van der Waals surface area contributed by atoms with Crippen LogP contribution in [0.4, 0.5) is 0 Å². The predicted octanol–water partition coefficient (Wildman–Crippen LogP) is 2.54. The quantitative estimate of drug-likeness (QED) is 0.793. The molecule has 0 aromatic heterocycles. The second-order valence-electron chi connectivity index (χ2n) is 5.57. The predicted molar refractivity (Wildman–Crippen MR) is 82.1 cm³/mol. The first-order valence-corrected chi connectivity index (χ1v) is 7.13. The first kappa shape index (κ1) is 13.1. The van der Waals surface area contributed by atoms with Crippen LogP contribution in [0, 0.1) is 6.92 Å². The minimum absolute atomic E-state index is 0.174. The molecule has 0 unspecified atom stereocenters. The van der Waals surface area contributed by atoms with Gasteiger partial charge in [0, 0.05) is 26.2 Å². The molecule has 1 fully saturated rings. The molecular formula is C17H20N2O. The van der Waals surface area contributed by atoms with Gasteiger partial charge in [0.05, 0.1) is 5.56 Å². The molecule has 0 saturated carbocycles. The van der Waals surface area contributed by atoms with E-state index >= 15 is 0 Å². The normalized spacial score (nSPS) is 16.6. The highest BCUT2D eigenvalue weighted by molar-refractivity contribution is 6.08. The lowest BCUT2D eigenvalue weighted by molar-refractivity contribution is 0.0665. The van der Waals surface area contributed by atoms with Gasteiger partial charge in [-0.15, -0.1) is 0 Å². The molecule has 2 aromatic rings. The van der Waals surface area contributed by atoms with Crippen LogP contribution in [0.5, 0.6) is 0 Å². The summed E-state index contributed by atoms with van der Waals surface area (Å²) < 4.78 is 0. The van der Waals surface area contributed by atoms with Crippen LogP contribution in [-0.4, -0.2) is 48.9 Å². The summed E-state index contributed by atoms with van der Waals surface area (Å²) in [5, 5.41) is 2.20. The van der Waals surface area contributed by atoms with Gasteiger partial charge >= 0.3 is 0 Å².